The van der Waals surface area contributed by atoms with E-state index in [9.17, 15) is 4.79 Å². The summed E-state index contributed by atoms with van der Waals surface area (Å²) in [5, 5.41) is 7.31. The fourth-order valence-electron chi connectivity index (χ4n) is 3.53. The van der Waals surface area contributed by atoms with Gasteiger partial charge in [-0.2, -0.15) is 5.10 Å². The lowest BCUT2D eigenvalue weighted by Crippen LogP contribution is -2.62. The number of carbonyl (C=O) groups is 1. The second-order valence-corrected chi connectivity index (χ2v) is 5.87. The predicted molar refractivity (Wildman–Crippen MR) is 76.6 cm³/mol. The Morgan fingerprint density at radius 1 is 1.57 bits per heavy atom. The third-order valence-electron chi connectivity index (χ3n) is 4.57. The zero-order valence-electron chi connectivity index (χ0n) is 12.4. The Balaban J connectivity index is 1.43. The first-order chi connectivity index (χ1) is 10.3. The molecule has 0 radical (unpaired) electrons. The van der Waals surface area contributed by atoms with Gasteiger partial charge in [0.15, 0.2) is 0 Å². The standard InChI is InChI=1S/C15H23N3O3/c1-20-10-12-14(11-5-9-21-15(11)12)17-13(19)4-2-7-18-8-3-6-16-18/h3,6,8,11-12,14-15H,2,4-5,7,9-10H2,1H3,(H,17,19)/t11-,12+,14-,15-/m0/s1. The van der Waals surface area contributed by atoms with Gasteiger partial charge in [0.2, 0.25) is 5.91 Å². The maximum Gasteiger partial charge on any atom is 0.220 e. The summed E-state index contributed by atoms with van der Waals surface area (Å²) < 4.78 is 12.8. The Kier molecular flexibility index (Phi) is 4.55. The van der Waals surface area contributed by atoms with Crippen LogP contribution in [0.1, 0.15) is 19.3 Å². The van der Waals surface area contributed by atoms with Crippen LogP contribution in [0.25, 0.3) is 0 Å². The molecule has 1 aromatic rings. The number of carbonyl (C=O) groups excluding carboxylic acids is 1. The number of ether oxygens (including phenoxy) is 2. The van der Waals surface area contributed by atoms with Gasteiger partial charge in [0.05, 0.1) is 12.7 Å². The summed E-state index contributed by atoms with van der Waals surface area (Å²) in [7, 11) is 1.70. The molecule has 0 aromatic carbocycles. The molecule has 116 valence electrons. The van der Waals surface area contributed by atoms with Crippen LogP contribution in [0.2, 0.25) is 0 Å². The summed E-state index contributed by atoms with van der Waals surface area (Å²) in [5.41, 5.74) is 0. The number of nitrogens with one attached hydrogen (secondary N) is 1. The summed E-state index contributed by atoms with van der Waals surface area (Å²) in [5.74, 6) is 0.899. The number of hydrogen-bond acceptors (Lipinski definition) is 4. The lowest BCUT2D eigenvalue weighted by molar-refractivity contribution is -0.129. The van der Waals surface area contributed by atoms with Gasteiger partial charge in [-0.25, -0.2) is 0 Å². The van der Waals surface area contributed by atoms with Gasteiger partial charge in [-0.1, -0.05) is 0 Å². The Morgan fingerprint density at radius 2 is 2.48 bits per heavy atom. The van der Waals surface area contributed by atoms with Crippen LogP contribution in [-0.2, 0) is 20.8 Å². The third kappa shape index (κ3) is 3.11. The molecule has 3 rings (SSSR count). The van der Waals surface area contributed by atoms with E-state index in [4.69, 9.17) is 9.47 Å². The van der Waals surface area contributed by atoms with Crippen molar-refractivity contribution in [2.75, 3.05) is 20.3 Å². The second kappa shape index (κ2) is 6.58. The largest absolute Gasteiger partial charge is 0.384 e. The minimum atomic E-state index is 0.124. The molecule has 2 aliphatic rings. The Labute approximate surface area is 124 Å². The highest BCUT2D eigenvalue weighted by Gasteiger charge is 2.54. The molecular formula is C15H23N3O3. The fourth-order valence-corrected chi connectivity index (χ4v) is 3.53. The molecule has 4 atom stereocenters. The van der Waals surface area contributed by atoms with E-state index >= 15 is 0 Å². The van der Waals surface area contributed by atoms with Gasteiger partial charge in [-0.15, -0.1) is 0 Å². The van der Waals surface area contributed by atoms with Gasteiger partial charge in [-0.05, 0) is 18.9 Å². The average molecular weight is 293 g/mol. The first-order valence-corrected chi connectivity index (χ1v) is 7.67. The topological polar surface area (TPSA) is 65.4 Å². The number of rotatable bonds is 7. The molecule has 1 aliphatic carbocycles. The van der Waals surface area contributed by atoms with Crippen molar-refractivity contribution in [1.82, 2.24) is 15.1 Å². The fraction of sp³-hybridized carbons (Fsp3) is 0.733. The molecule has 0 spiro atoms. The highest BCUT2D eigenvalue weighted by atomic mass is 16.5. The molecule has 0 bridgehead atoms. The first-order valence-electron chi connectivity index (χ1n) is 7.67. The van der Waals surface area contributed by atoms with Gasteiger partial charge in [-0.3, -0.25) is 9.48 Å². The smallest absolute Gasteiger partial charge is 0.220 e. The lowest BCUT2D eigenvalue weighted by Gasteiger charge is -2.47. The van der Waals surface area contributed by atoms with Crippen LogP contribution in [0.3, 0.4) is 0 Å². The van der Waals surface area contributed by atoms with E-state index in [1.54, 1.807) is 13.3 Å². The highest BCUT2D eigenvalue weighted by molar-refractivity contribution is 5.76. The number of aromatic nitrogens is 2. The highest BCUT2D eigenvalue weighted by Crippen LogP contribution is 2.43. The quantitative estimate of drug-likeness (QED) is 0.808. The monoisotopic (exact) mass is 293 g/mol. The Hall–Kier alpha value is -1.40. The number of fused-ring (bicyclic) bond motifs is 1. The number of methoxy groups -OCH3 is 1. The van der Waals surface area contributed by atoms with Gasteiger partial charge in [0.25, 0.3) is 0 Å². The summed E-state index contributed by atoms with van der Waals surface area (Å²) in [4.78, 5) is 12.1. The van der Waals surface area contributed by atoms with Gasteiger partial charge in [0.1, 0.15) is 0 Å². The summed E-state index contributed by atoms with van der Waals surface area (Å²) in [6, 6.07) is 2.11. The van der Waals surface area contributed by atoms with Crippen LogP contribution >= 0.6 is 0 Å². The van der Waals surface area contributed by atoms with Crippen molar-refractivity contribution in [2.45, 2.75) is 38.0 Å². The van der Waals surface area contributed by atoms with Crippen molar-refractivity contribution in [1.29, 1.82) is 0 Å². The third-order valence-corrected chi connectivity index (χ3v) is 4.57. The second-order valence-electron chi connectivity index (χ2n) is 5.87. The van der Waals surface area contributed by atoms with E-state index in [0.717, 1.165) is 26.0 Å². The number of aryl methyl sites for hydroxylation is 1. The first kappa shape index (κ1) is 14.5. The molecule has 21 heavy (non-hydrogen) atoms. The minimum Gasteiger partial charge on any atom is -0.384 e. The normalized spacial score (nSPS) is 30.7. The molecule has 1 saturated heterocycles. The maximum absolute atomic E-state index is 12.1. The average Bonchev–Trinajstić information content (AvgIpc) is 3.12. The molecule has 2 fully saturated rings. The van der Waals surface area contributed by atoms with Crippen molar-refractivity contribution in [3.05, 3.63) is 18.5 Å². The number of hydrogen-bond donors (Lipinski definition) is 1. The minimum absolute atomic E-state index is 0.124. The maximum atomic E-state index is 12.1. The van der Waals surface area contributed by atoms with Crippen molar-refractivity contribution in [3.63, 3.8) is 0 Å². The molecule has 1 amide bonds. The van der Waals surface area contributed by atoms with Crippen LogP contribution < -0.4 is 5.32 Å². The summed E-state index contributed by atoms with van der Waals surface area (Å²) in [6.07, 6.45) is 6.33. The SMILES string of the molecule is COC[C@@H]1[C@@H](NC(=O)CCCn2cccn2)[C@@H]2CCO[C@H]12. The van der Waals surface area contributed by atoms with E-state index in [1.807, 2.05) is 16.9 Å². The molecule has 1 aromatic heterocycles. The molecule has 0 unspecified atom stereocenters. The number of nitrogens with zero attached hydrogens (tertiary/aromatic N) is 2. The molecule has 6 heteroatoms. The zero-order chi connectivity index (χ0) is 14.7. The molecule has 2 heterocycles. The zero-order valence-corrected chi connectivity index (χ0v) is 12.4. The van der Waals surface area contributed by atoms with E-state index in [-0.39, 0.29) is 18.1 Å². The van der Waals surface area contributed by atoms with Crippen LogP contribution in [-0.4, -0.2) is 48.2 Å². The van der Waals surface area contributed by atoms with Crippen LogP contribution in [0, 0.1) is 11.8 Å². The lowest BCUT2D eigenvalue weighted by atomic mass is 9.67. The van der Waals surface area contributed by atoms with Crippen LogP contribution in [0.5, 0.6) is 0 Å². The van der Waals surface area contributed by atoms with E-state index in [1.165, 1.54) is 0 Å². The predicted octanol–water partition coefficient (Wildman–Crippen LogP) is 0.829. The van der Waals surface area contributed by atoms with E-state index < -0.39 is 0 Å². The Bertz CT molecular complexity index is 463. The number of amides is 1. The van der Waals surface area contributed by atoms with Gasteiger partial charge in [0, 0.05) is 57.0 Å². The van der Waals surface area contributed by atoms with Gasteiger partial charge >= 0.3 is 0 Å². The molecule has 1 aliphatic heterocycles. The van der Waals surface area contributed by atoms with Crippen LogP contribution in [0.15, 0.2) is 18.5 Å². The van der Waals surface area contributed by atoms with E-state index in [2.05, 4.69) is 10.4 Å². The van der Waals surface area contributed by atoms with Gasteiger partial charge < -0.3 is 14.8 Å². The van der Waals surface area contributed by atoms with Crippen molar-refractivity contribution < 1.29 is 14.3 Å². The van der Waals surface area contributed by atoms with E-state index in [0.29, 0.717) is 24.9 Å². The Morgan fingerprint density at radius 3 is 3.24 bits per heavy atom. The van der Waals surface area contributed by atoms with Crippen molar-refractivity contribution in [3.8, 4) is 0 Å². The van der Waals surface area contributed by atoms with Crippen molar-refractivity contribution in [2.24, 2.45) is 11.8 Å². The van der Waals surface area contributed by atoms with Crippen molar-refractivity contribution >= 4 is 5.91 Å². The summed E-state index contributed by atoms with van der Waals surface area (Å²) in [6.45, 7) is 2.24. The molecule has 1 N–H and O–H groups in total. The molecule has 6 nitrogen and oxygen atoms in total. The summed E-state index contributed by atoms with van der Waals surface area (Å²) >= 11 is 0. The van der Waals surface area contributed by atoms with Crippen LogP contribution in [0.4, 0.5) is 0 Å². The molecular weight excluding hydrogens is 270 g/mol. The molecule has 1 saturated carbocycles.